The van der Waals surface area contributed by atoms with Crippen LogP contribution in [0.1, 0.15) is 44.8 Å². The molecule has 0 fully saturated rings. The average molecular weight is 326 g/mol. The van der Waals surface area contributed by atoms with Crippen LogP contribution in [0.2, 0.25) is 0 Å². The van der Waals surface area contributed by atoms with Gasteiger partial charge in [0.05, 0.1) is 6.54 Å². The average Bonchev–Trinajstić information content (AvgIpc) is 2.96. The molecule has 0 aliphatic rings. The molecule has 22 heavy (non-hydrogen) atoms. The Bertz CT molecular complexity index is 524. The number of rotatable bonds is 9. The van der Waals surface area contributed by atoms with Crippen LogP contribution in [0.15, 0.2) is 40.8 Å². The topological polar surface area (TPSA) is 25.2 Å². The van der Waals surface area contributed by atoms with Gasteiger partial charge in [-0.1, -0.05) is 32.6 Å². The van der Waals surface area contributed by atoms with Crippen LogP contribution >= 0.6 is 12.4 Å². The molecular weight excluding hydrogens is 301 g/mol. The zero-order valence-electron chi connectivity index (χ0n) is 13.1. The predicted molar refractivity (Wildman–Crippen MR) is 91.8 cm³/mol. The van der Waals surface area contributed by atoms with Crippen LogP contribution in [0, 0.1) is 5.82 Å². The number of nitrogens with one attached hydrogen (secondary N) is 1. The Kier molecular flexibility index (Phi) is 8.86. The van der Waals surface area contributed by atoms with E-state index in [0.717, 1.165) is 30.2 Å². The molecule has 0 saturated heterocycles. The Labute approximate surface area is 138 Å². The summed E-state index contributed by atoms with van der Waals surface area (Å²) in [6.45, 7) is 4.00. The van der Waals surface area contributed by atoms with Gasteiger partial charge in [-0.15, -0.1) is 12.4 Å². The predicted octanol–water partition coefficient (Wildman–Crippen LogP) is 5.57. The van der Waals surface area contributed by atoms with Crippen LogP contribution in [0.4, 0.5) is 4.39 Å². The molecule has 0 aliphatic heterocycles. The third kappa shape index (κ3) is 6.20. The van der Waals surface area contributed by atoms with E-state index >= 15 is 0 Å². The van der Waals surface area contributed by atoms with E-state index < -0.39 is 0 Å². The van der Waals surface area contributed by atoms with Crippen molar-refractivity contribution >= 4 is 12.4 Å². The first-order valence-corrected chi connectivity index (χ1v) is 7.85. The monoisotopic (exact) mass is 325 g/mol. The molecule has 0 atom stereocenters. The van der Waals surface area contributed by atoms with E-state index in [-0.39, 0.29) is 18.2 Å². The summed E-state index contributed by atoms with van der Waals surface area (Å²) >= 11 is 0. The van der Waals surface area contributed by atoms with Crippen molar-refractivity contribution in [2.24, 2.45) is 0 Å². The highest BCUT2D eigenvalue weighted by Crippen LogP contribution is 2.22. The van der Waals surface area contributed by atoms with E-state index in [1.807, 2.05) is 12.1 Å². The van der Waals surface area contributed by atoms with Crippen molar-refractivity contribution in [1.82, 2.24) is 5.32 Å². The van der Waals surface area contributed by atoms with Crippen LogP contribution in [0.25, 0.3) is 11.3 Å². The second kappa shape index (κ2) is 10.4. The van der Waals surface area contributed by atoms with E-state index in [9.17, 15) is 4.39 Å². The zero-order valence-corrected chi connectivity index (χ0v) is 13.9. The molecule has 2 nitrogen and oxygen atoms in total. The molecule has 0 radical (unpaired) electrons. The van der Waals surface area contributed by atoms with Crippen LogP contribution < -0.4 is 5.32 Å². The van der Waals surface area contributed by atoms with Gasteiger partial charge in [0.2, 0.25) is 0 Å². The fourth-order valence-corrected chi connectivity index (χ4v) is 2.31. The van der Waals surface area contributed by atoms with Crippen molar-refractivity contribution in [2.45, 2.75) is 45.6 Å². The van der Waals surface area contributed by atoms with Gasteiger partial charge in [-0.05, 0) is 49.4 Å². The molecule has 0 amide bonds. The Morgan fingerprint density at radius 1 is 0.955 bits per heavy atom. The molecule has 0 unspecified atom stereocenters. The lowest BCUT2D eigenvalue weighted by Gasteiger charge is -2.03. The van der Waals surface area contributed by atoms with Gasteiger partial charge in [-0.2, -0.15) is 0 Å². The molecule has 4 heteroatoms. The van der Waals surface area contributed by atoms with Crippen molar-refractivity contribution in [2.75, 3.05) is 6.54 Å². The zero-order chi connectivity index (χ0) is 14.9. The highest BCUT2D eigenvalue weighted by atomic mass is 35.5. The molecule has 0 spiro atoms. The van der Waals surface area contributed by atoms with Gasteiger partial charge in [0, 0.05) is 5.56 Å². The second-order valence-electron chi connectivity index (χ2n) is 5.36. The van der Waals surface area contributed by atoms with E-state index in [4.69, 9.17) is 4.42 Å². The second-order valence-corrected chi connectivity index (χ2v) is 5.36. The van der Waals surface area contributed by atoms with Crippen molar-refractivity contribution in [3.05, 3.63) is 48.0 Å². The third-order valence-electron chi connectivity index (χ3n) is 3.55. The summed E-state index contributed by atoms with van der Waals surface area (Å²) in [4.78, 5) is 0. The SMILES string of the molecule is CCCCCCCNCc1ccc(-c2ccc(F)cc2)o1.Cl. The first kappa shape index (κ1) is 18.7. The summed E-state index contributed by atoms with van der Waals surface area (Å²) in [5.41, 5.74) is 0.905. The molecule has 0 bridgehead atoms. The van der Waals surface area contributed by atoms with Crippen molar-refractivity contribution in [1.29, 1.82) is 0 Å². The number of benzene rings is 1. The van der Waals surface area contributed by atoms with Gasteiger partial charge in [0.15, 0.2) is 0 Å². The smallest absolute Gasteiger partial charge is 0.134 e. The summed E-state index contributed by atoms with van der Waals surface area (Å²) < 4.78 is 18.7. The third-order valence-corrected chi connectivity index (χ3v) is 3.55. The molecule has 0 saturated carbocycles. The van der Waals surface area contributed by atoms with Crippen LogP contribution in [-0.4, -0.2) is 6.54 Å². The number of unbranched alkanes of at least 4 members (excludes halogenated alkanes) is 4. The number of halogens is 2. The summed E-state index contributed by atoms with van der Waals surface area (Å²) in [5.74, 6) is 1.48. The fourth-order valence-electron chi connectivity index (χ4n) is 2.31. The Balaban J connectivity index is 0.00000242. The summed E-state index contributed by atoms with van der Waals surface area (Å²) in [5, 5.41) is 3.40. The molecule has 1 aromatic heterocycles. The summed E-state index contributed by atoms with van der Waals surface area (Å²) in [7, 11) is 0. The Morgan fingerprint density at radius 3 is 2.41 bits per heavy atom. The first-order chi connectivity index (χ1) is 10.3. The quantitative estimate of drug-likeness (QED) is 0.610. The van der Waals surface area contributed by atoms with Gasteiger partial charge in [-0.25, -0.2) is 4.39 Å². The van der Waals surface area contributed by atoms with Gasteiger partial charge in [0.1, 0.15) is 17.3 Å². The summed E-state index contributed by atoms with van der Waals surface area (Å²) in [6, 6.07) is 10.3. The molecule has 2 rings (SSSR count). The first-order valence-electron chi connectivity index (χ1n) is 7.85. The lowest BCUT2D eigenvalue weighted by atomic mass is 10.1. The van der Waals surface area contributed by atoms with Crippen LogP contribution in [0.5, 0.6) is 0 Å². The van der Waals surface area contributed by atoms with E-state index in [1.165, 1.54) is 44.2 Å². The molecule has 1 heterocycles. The highest BCUT2D eigenvalue weighted by Gasteiger charge is 2.04. The molecule has 0 aliphatic carbocycles. The van der Waals surface area contributed by atoms with Crippen LogP contribution in [-0.2, 0) is 6.54 Å². The molecule has 1 N–H and O–H groups in total. The normalized spacial score (nSPS) is 10.5. The minimum atomic E-state index is -0.227. The summed E-state index contributed by atoms with van der Waals surface area (Å²) in [6.07, 6.45) is 6.45. The fraction of sp³-hybridized carbons (Fsp3) is 0.444. The Hall–Kier alpha value is -1.32. The largest absolute Gasteiger partial charge is 0.460 e. The van der Waals surface area contributed by atoms with Crippen molar-refractivity contribution in [3.63, 3.8) is 0 Å². The molecular formula is C18H25ClFNO. The standard InChI is InChI=1S/C18H24FNO.ClH/c1-2-3-4-5-6-13-20-14-17-11-12-18(21-17)15-7-9-16(19)10-8-15;/h7-12,20H,2-6,13-14H2,1H3;1H. The van der Waals surface area contributed by atoms with E-state index in [2.05, 4.69) is 12.2 Å². The maximum atomic E-state index is 12.9. The number of furan rings is 1. The van der Waals surface area contributed by atoms with Gasteiger partial charge >= 0.3 is 0 Å². The van der Waals surface area contributed by atoms with Crippen LogP contribution in [0.3, 0.4) is 0 Å². The van der Waals surface area contributed by atoms with Crippen molar-refractivity contribution < 1.29 is 8.81 Å². The van der Waals surface area contributed by atoms with Crippen molar-refractivity contribution in [3.8, 4) is 11.3 Å². The number of hydrogen-bond acceptors (Lipinski definition) is 2. The van der Waals surface area contributed by atoms with Gasteiger partial charge < -0.3 is 9.73 Å². The number of hydrogen-bond donors (Lipinski definition) is 1. The lowest BCUT2D eigenvalue weighted by molar-refractivity contribution is 0.486. The highest BCUT2D eigenvalue weighted by molar-refractivity contribution is 5.85. The van der Waals surface area contributed by atoms with Gasteiger partial charge in [-0.3, -0.25) is 0 Å². The van der Waals surface area contributed by atoms with E-state index in [1.54, 1.807) is 12.1 Å². The van der Waals surface area contributed by atoms with Gasteiger partial charge in [0.25, 0.3) is 0 Å². The maximum Gasteiger partial charge on any atom is 0.134 e. The lowest BCUT2D eigenvalue weighted by Crippen LogP contribution is -2.14. The molecule has 122 valence electrons. The minimum absolute atomic E-state index is 0. The molecule has 1 aromatic carbocycles. The minimum Gasteiger partial charge on any atom is -0.460 e. The van der Waals surface area contributed by atoms with E-state index in [0.29, 0.717) is 0 Å². The molecule has 2 aromatic rings. The maximum absolute atomic E-state index is 12.9. The Morgan fingerprint density at radius 2 is 1.68 bits per heavy atom.